The van der Waals surface area contributed by atoms with Gasteiger partial charge in [0.1, 0.15) is 12.4 Å². The molecule has 4 heteroatoms. The molecular formula is C8H8N2O2. The van der Waals surface area contributed by atoms with Gasteiger partial charge in [0.05, 0.1) is 0 Å². The van der Waals surface area contributed by atoms with E-state index in [0.717, 1.165) is 12.8 Å². The first-order valence-electron chi connectivity index (χ1n) is 3.83. The monoisotopic (exact) mass is 164 g/mol. The zero-order valence-corrected chi connectivity index (χ0v) is 6.43. The molecule has 0 atom stereocenters. The molecule has 1 aromatic rings. The van der Waals surface area contributed by atoms with Gasteiger partial charge in [-0.2, -0.15) is 0 Å². The second-order valence-corrected chi connectivity index (χ2v) is 2.70. The van der Waals surface area contributed by atoms with Crippen LogP contribution in [0, 0.1) is 0 Å². The smallest absolute Gasteiger partial charge is 0.357 e. The van der Waals surface area contributed by atoms with Gasteiger partial charge in [-0.15, -0.1) is 0 Å². The molecule has 0 amide bonds. The molecule has 0 unspecified atom stereocenters. The molecule has 1 aliphatic carbocycles. The van der Waals surface area contributed by atoms with E-state index in [-0.39, 0.29) is 12.1 Å². The summed E-state index contributed by atoms with van der Waals surface area (Å²) in [7, 11) is 0. The third-order valence-electron chi connectivity index (χ3n) is 1.59. The Morgan fingerprint density at radius 2 is 2.42 bits per heavy atom. The van der Waals surface area contributed by atoms with Gasteiger partial charge in [-0.25, -0.2) is 14.8 Å². The summed E-state index contributed by atoms with van der Waals surface area (Å²) in [4.78, 5) is 18.7. The summed E-state index contributed by atoms with van der Waals surface area (Å²) in [5.41, 5.74) is 0.330. The minimum Gasteiger partial charge on any atom is -0.458 e. The van der Waals surface area contributed by atoms with E-state index >= 15 is 0 Å². The Labute approximate surface area is 69.6 Å². The Balaban J connectivity index is 2.03. The van der Waals surface area contributed by atoms with Crippen molar-refractivity contribution in [3.8, 4) is 0 Å². The summed E-state index contributed by atoms with van der Waals surface area (Å²) in [6.45, 7) is 0. The van der Waals surface area contributed by atoms with Crippen LogP contribution < -0.4 is 0 Å². The number of esters is 1. The zero-order chi connectivity index (χ0) is 8.39. The molecule has 62 valence electrons. The molecule has 2 rings (SSSR count). The van der Waals surface area contributed by atoms with E-state index in [1.54, 1.807) is 6.07 Å². The van der Waals surface area contributed by atoms with Crippen molar-refractivity contribution in [1.82, 2.24) is 9.97 Å². The van der Waals surface area contributed by atoms with E-state index in [9.17, 15) is 4.79 Å². The van der Waals surface area contributed by atoms with Gasteiger partial charge in [0, 0.05) is 6.20 Å². The maximum absolute atomic E-state index is 11.2. The second kappa shape index (κ2) is 2.89. The van der Waals surface area contributed by atoms with Gasteiger partial charge < -0.3 is 4.74 Å². The van der Waals surface area contributed by atoms with Crippen LogP contribution in [0.2, 0.25) is 0 Å². The van der Waals surface area contributed by atoms with Crippen molar-refractivity contribution in [3.63, 3.8) is 0 Å². The van der Waals surface area contributed by atoms with Gasteiger partial charge in [-0.1, -0.05) is 0 Å². The number of aromatic nitrogens is 2. The number of nitrogens with zero attached hydrogens (tertiary/aromatic N) is 2. The first kappa shape index (κ1) is 7.21. The van der Waals surface area contributed by atoms with Gasteiger partial charge in [0.15, 0.2) is 5.69 Å². The van der Waals surface area contributed by atoms with Crippen LogP contribution in [0.25, 0.3) is 0 Å². The molecule has 12 heavy (non-hydrogen) atoms. The average molecular weight is 164 g/mol. The summed E-state index contributed by atoms with van der Waals surface area (Å²) < 4.78 is 5.02. The molecule has 0 radical (unpaired) electrons. The van der Waals surface area contributed by atoms with Crippen molar-refractivity contribution in [2.75, 3.05) is 0 Å². The van der Waals surface area contributed by atoms with Crippen molar-refractivity contribution in [2.24, 2.45) is 0 Å². The highest BCUT2D eigenvalue weighted by Gasteiger charge is 2.26. The van der Waals surface area contributed by atoms with E-state index in [2.05, 4.69) is 9.97 Å². The van der Waals surface area contributed by atoms with Crippen molar-refractivity contribution in [2.45, 2.75) is 18.9 Å². The Bertz CT molecular complexity index is 282. The number of carbonyl (C=O) groups is 1. The molecule has 0 saturated heterocycles. The maximum Gasteiger partial charge on any atom is 0.357 e. The minimum atomic E-state index is -0.347. The fraction of sp³-hybridized carbons (Fsp3) is 0.375. The minimum absolute atomic E-state index is 0.132. The summed E-state index contributed by atoms with van der Waals surface area (Å²) in [6.07, 6.45) is 4.96. The molecule has 1 fully saturated rings. The maximum atomic E-state index is 11.2. The largest absolute Gasteiger partial charge is 0.458 e. The van der Waals surface area contributed by atoms with E-state index in [1.165, 1.54) is 12.5 Å². The van der Waals surface area contributed by atoms with Gasteiger partial charge in [0.25, 0.3) is 0 Å². The van der Waals surface area contributed by atoms with Crippen LogP contribution >= 0.6 is 0 Å². The summed E-state index contributed by atoms with van der Waals surface area (Å²) in [5.74, 6) is -0.347. The molecule has 0 aromatic carbocycles. The van der Waals surface area contributed by atoms with E-state index in [1.807, 2.05) is 0 Å². The van der Waals surface area contributed by atoms with E-state index in [0.29, 0.717) is 5.69 Å². The molecule has 1 aromatic heterocycles. The predicted octanol–water partition coefficient (Wildman–Crippen LogP) is 0.796. The number of carbonyl (C=O) groups excluding carboxylic acids is 1. The molecule has 0 aliphatic heterocycles. The standard InChI is InChI=1S/C8H8N2O2/c11-8(12-6-1-2-6)7-3-4-9-5-10-7/h3-6H,1-2H2. The molecule has 1 heterocycles. The molecule has 4 nitrogen and oxygen atoms in total. The summed E-state index contributed by atoms with van der Waals surface area (Å²) >= 11 is 0. The lowest BCUT2D eigenvalue weighted by Gasteiger charge is -1.99. The molecule has 0 N–H and O–H groups in total. The van der Waals surface area contributed by atoms with Crippen molar-refractivity contribution >= 4 is 5.97 Å². The van der Waals surface area contributed by atoms with Crippen LogP contribution in [-0.2, 0) is 4.74 Å². The van der Waals surface area contributed by atoms with Crippen molar-refractivity contribution in [1.29, 1.82) is 0 Å². The Hall–Kier alpha value is -1.45. The average Bonchev–Trinajstić information content (AvgIpc) is 2.90. The van der Waals surface area contributed by atoms with Crippen molar-refractivity contribution < 1.29 is 9.53 Å². The third-order valence-corrected chi connectivity index (χ3v) is 1.59. The molecule has 0 bridgehead atoms. The van der Waals surface area contributed by atoms with Crippen LogP contribution in [0.1, 0.15) is 23.3 Å². The lowest BCUT2D eigenvalue weighted by Crippen LogP contribution is -2.08. The van der Waals surface area contributed by atoms with Crippen LogP contribution in [0.15, 0.2) is 18.6 Å². The van der Waals surface area contributed by atoms with Crippen LogP contribution in [0.3, 0.4) is 0 Å². The SMILES string of the molecule is O=C(OC1CC1)c1ccncn1. The van der Waals surface area contributed by atoms with Crippen LogP contribution in [-0.4, -0.2) is 22.0 Å². The first-order chi connectivity index (χ1) is 5.86. The van der Waals surface area contributed by atoms with Gasteiger partial charge in [-0.3, -0.25) is 0 Å². The normalized spacial score (nSPS) is 15.7. The third kappa shape index (κ3) is 1.58. The highest BCUT2D eigenvalue weighted by atomic mass is 16.5. The Kier molecular flexibility index (Phi) is 1.74. The van der Waals surface area contributed by atoms with Crippen molar-refractivity contribution in [3.05, 3.63) is 24.3 Å². The zero-order valence-electron chi connectivity index (χ0n) is 6.43. The lowest BCUT2D eigenvalue weighted by atomic mass is 10.4. The van der Waals surface area contributed by atoms with E-state index in [4.69, 9.17) is 4.74 Å². The van der Waals surface area contributed by atoms with Crippen LogP contribution in [0.5, 0.6) is 0 Å². The molecule has 1 aliphatic rings. The second-order valence-electron chi connectivity index (χ2n) is 2.70. The number of rotatable bonds is 2. The quantitative estimate of drug-likeness (QED) is 0.606. The van der Waals surface area contributed by atoms with Gasteiger partial charge in [-0.05, 0) is 18.9 Å². The summed E-state index contributed by atoms with van der Waals surface area (Å²) in [6, 6.07) is 1.55. The molecule has 1 saturated carbocycles. The fourth-order valence-corrected chi connectivity index (χ4v) is 0.809. The Morgan fingerprint density at radius 1 is 1.58 bits per heavy atom. The summed E-state index contributed by atoms with van der Waals surface area (Å²) in [5, 5.41) is 0. The van der Waals surface area contributed by atoms with Gasteiger partial charge >= 0.3 is 5.97 Å². The number of hydrogen-bond donors (Lipinski definition) is 0. The fourth-order valence-electron chi connectivity index (χ4n) is 0.809. The highest BCUT2D eigenvalue weighted by molar-refractivity contribution is 5.87. The first-order valence-corrected chi connectivity index (χ1v) is 3.83. The molecule has 0 spiro atoms. The Morgan fingerprint density at radius 3 is 3.00 bits per heavy atom. The lowest BCUT2D eigenvalue weighted by molar-refractivity contribution is 0.0465. The highest BCUT2D eigenvalue weighted by Crippen LogP contribution is 2.24. The molecular weight excluding hydrogens is 156 g/mol. The number of hydrogen-bond acceptors (Lipinski definition) is 4. The van der Waals surface area contributed by atoms with Crippen LogP contribution in [0.4, 0.5) is 0 Å². The topological polar surface area (TPSA) is 52.1 Å². The van der Waals surface area contributed by atoms with E-state index < -0.39 is 0 Å². The number of ether oxygens (including phenoxy) is 1. The predicted molar refractivity (Wildman–Crippen MR) is 40.5 cm³/mol. The van der Waals surface area contributed by atoms with Gasteiger partial charge in [0.2, 0.25) is 0 Å².